The summed E-state index contributed by atoms with van der Waals surface area (Å²) in [6.07, 6.45) is 23.9. The smallest absolute Gasteiger partial charge is 0.335 e. The number of benzene rings is 1. The molecule has 0 aliphatic heterocycles. The van der Waals surface area contributed by atoms with Gasteiger partial charge in [0.25, 0.3) is 0 Å². The zero-order chi connectivity index (χ0) is 23.6. The van der Waals surface area contributed by atoms with Crippen LogP contribution < -0.4 is 4.74 Å². The minimum absolute atomic E-state index is 0.369. The highest BCUT2D eigenvalue weighted by atomic mass is 16.5. The molecule has 1 aromatic carbocycles. The number of esters is 1. The fourth-order valence-corrected chi connectivity index (χ4v) is 3.82. The number of hydrogen-bond donors (Lipinski definition) is 0. The van der Waals surface area contributed by atoms with Crippen LogP contribution in [0.15, 0.2) is 48.8 Å². The van der Waals surface area contributed by atoms with Crippen LogP contribution in [0.3, 0.4) is 0 Å². The summed E-state index contributed by atoms with van der Waals surface area (Å²) in [5, 5.41) is 0. The van der Waals surface area contributed by atoms with Gasteiger partial charge in [0.2, 0.25) is 0 Å². The van der Waals surface area contributed by atoms with E-state index in [1.54, 1.807) is 12.4 Å². The summed E-state index contributed by atoms with van der Waals surface area (Å²) < 4.78 is 5.32. The van der Waals surface area contributed by atoms with Gasteiger partial charge >= 0.3 is 5.97 Å². The van der Waals surface area contributed by atoms with Crippen LogP contribution in [0, 0.1) is 0 Å². The van der Waals surface area contributed by atoms with Gasteiger partial charge in [-0.05, 0) is 31.2 Å². The zero-order valence-electron chi connectivity index (χ0n) is 20.7. The minimum Gasteiger partial charge on any atom is -0.420 e. The molecule has 0 bridgehead atoms. The molecule has 0 aliphatic carbocycles. The Morgan fingerprint density at radius 3 is 2.00 bits per heavy atom. The van der Waals surface area contributed by atoms with Gasteiger partial charge < -0.3 is 4.74 Å². The quantitative estimate of drug-likeness (QED) is 0.138. The van der Waals surface area contributed by atoms with Gasteiger partial charge in [-0.2, -0.15) is 0 Å². The summed E-state index contributed by atoms with van der Waals surface area (Å²) >= 11 is 0. The highest BCUT2D eigenvalue weighted by Crippen LogP contribution is 2.19. The molecule has 2 rings (SSSR count). The van der Waals surface area contributed by atoms with Crippen molar-refractivity contribution in [2.45, 2.75) is 104 Å². The van der Waals surface area contributed by atoms with Crippen molar-refractivity contribution in [3.8, 4) is 17.1 Å². The van der Waals surface area contributed by atoms with Crippen LogP contribution in [-0.4, -0.2) is 15.9 Å². The SMILES string of the molecule is CCCCCCCCC/C=C/C(=O)Oc1cnc(-c2ccc(CCCCCCC)cc2)nc1. The molecule has 0 amide bonds. The van der Waals surface area contributed by atoms with Crippen LogP contribution in [0.1, 0.15) is 103 Å². The van der Waals surface area contributed by atoms with E-state index in [1.165, 1.54) is 82.3 Å². The van der Waals surface area contributed by atoms with Crippen molar-refractivity contribution in [3.05, 3.63) is 54.4 Å². The predicted octanol–water partition coefficient (Wildman–Crippen LogP) is 8.26. The molecule has 0 spiro atoms. The van der Waals surface area contributed by atoms with Gasteiger partial charge in [0.1, 0.15) is 0 Å². The van der Waals surface area contributed by atoms with Crippen molar-refractivity contribution < 1.29 is 9.53 Å². The van der Waals surface area contributed by atoms with Gasteiger partial charge in [0, 0.05) is 11.6 Å². The second-order valence-electron chi connectivity index (χ2n) is 8.84. The van der Waals surface area contributed by atoms with E-state index in [0.29, 0.717) is 11.6 Å². The van der Waals surface area contributed by atoms with Gasteiger partial charge in [-0.25, -0.2) is 14.8 Å². The van der Waals surface area contributed by atoms with Crippen LogP contribution in [-0.2, 0) is 11.2 Å². The highest BCUT2D eigenvalue weighted by molar-refractivity contribution is 5.83. The van der Waals surface area contributed by atoms with Crippen molar-refractivity contribution in [2.24, 2.45) is 0 Å². The number of carbonyl (C=O) groups is 1. The molecule has 0 saturated carbocycles. The lowest BCUT2D eigenvalue weighted by molar-refractivity contribution is -0.129. The van der Waals surface area contributed by atoms with Crippen LogP contribution in [0.2, 0.25) is 0 Å². The maximum Gasteiger partial charge on any atom is 0.335 e. The number of aromatic nitrogens is 2. The topological polar surface area (TPSA) is 52.1 Å². The fourth-order valence-electron chi connectivity index (χ4n) is 3.82. The molecule has 0 aliphatic rings. The first-order valence-electron chi connectivity index (χ1n) is 13.0. The Kier molecular flexibility index (Phi) is 13.8. The van der Waals surface area contributed by atoms with E-state index < -0.39 is 0 Å². The van der Waals surface area contributed by atoms with E-state index in [4.69, 9.17) is 4.74 Å². The lowest BCUT2D eigenvalue weighted by Crippen LogP contribution is -2.04. The van der Waals surface area contributed by atoms with Crippen molar-refractivity contribution in [1.29, 1.82) is 0 Å². The molecule has 1 aromatic heterocycles. The van der Waals surface area contributed by atoms with Gasteiger partial charge in [-0.3, -0.25) is 0 Å². The zero-order valence-corrected chi connectivity index (χ0v) is 20.7. The van der Waals surface area contributed by atoms with Crippen LogP contribution in [0.5, 0.6) is 5.75 Å². The summed E-state index contributed by atoms with van der Waals surface area (Å²) in [6.45, 7) is 4.48. The van der Waals surface area contributed by atoms with Crippen molar-refractivity contribution in [3.63, 3.8) is 0 Å². The molecule has 0 radical (unpaired) electrons. The Bertz CT molecular complexity index is 797. The van der Waals surface area contributed by atoms with Crippen LogP contribution in [0.25, 0.3) is 11.4 Å². The third-order valence-corrected chi connectivity index (χ3v) is 5.86. The second kappa shape index (κ2) is 17.0. The summed E-state index contributed by atoms with van der Waals surface area (Å²) in [7, 11) is 0. The van der Waals surface area contributed by atoms with E-state index in [-0.39, 0.29) is 5.97 Å². The molecule has 0 saturated heterocycles. The van der Waals surface area contributed by atoms with Crippen LogP contribution >= 0.6 is 0 Å². The molecule has 2 aromatic rings. The highest BCUT2D eigenvalue weighted by Gasteiger charge is 2.05. The van der Waals surface area contributed by atoms with E-state index in [9.17, 15) is 4.79 Å². The first-order chi connectivity index (χ1) is 16.2. The largest absolute Gasteiger partial charge is 0.420 e. The van der Waals surface area contributed by atoms with Crippen molar-refractivity contribution >= 4 is 5.97 Å². The third-order valence-electron chi connectivity index (χ3n) is 5.86. The molecule has 4 heteroatoms. The number of rotatable bonds is 17. The molecule has 0 fully saturated rings. The molecule has 0 atom stereocenters. The molecule has 0 unspecified atom stereocenters. The average Bonchev–Trinajstić information content (AvgIpc) is 2.84. The summed E-state index contributed by atoms with van der Waals surface area (Å²) in [6, 6.07) is 8.44. The van der Waals surface area contributed by atoms with Crippen molar-refractivity contribution in [2.75, 3.05) is 0 Å². The monoisotopic (exact) mass is 450 g/mol. The number of ether oxygens (including phenoxy) is 1. The molecular formula is C29H42N2O2. The average molecular weight is 451 g/mol. The van der Waals surface area contributed by atoms with E-state index in [1.807, 2.05) is 6.08 Å². The maximum atomic E-state index is 12.0. The second-order valence-corrected chi connectivity index (χ2v) is 8.84. The first kappa shape index (κ1) is 26.8. The van der Waals surface area contributed by atoms with Crippen LogP contribution in [0.4, 0.5) is 0 Å². The summed E-state index contributed by atoms with van der Waals surface area (Å²) in [5.74, 6) is 0.629. The number of unbranched alkanes of at least 4 members (excludes halogenated alkanes) is 11. The standard InChI is InChI=1S/C29H42N2O2/c1-3-5-7-9-10-11-12-14-16-18-28(32)33-27-23-30-29(31-24-27)26-21-19-25(20-22-26)17-15-13-8-6-4-2/h16,18-24H,3-15,17H2,1-2H3/b18-16+. The summed E-state index contributed by atoms with van der Waals surface area (Å²) in [4.78, 5) is 20.7. The molecule has 1 heterocycles. The Morgan fingerprint density at radius 1 is 0.788 bits per heavy atom. The Labute approximate surface area is 200 Å². The molecule has 4 nitrogen and oxygen atoms in total. The summed E-state index contributed by atoms with van der Waals surface area (Å²) in [5.41, 5.74) is 2.32. The minimum atomic E-state index is -0.377. The van der Waals surface area contributed by atoms with Gasteiger partial charge in [0.05, 0.1) is 12.4 Å². The van der Waals surface area contributed by atoms with Gasteiger partial charge in [0.15, 0.2) is 11.6 Å². The lowest BCUT2D eigenvalue weighted by Gasteiger charge is -2.05. The van der Waals surface area contributed by atoms with Gasteiger partial charge in [-0.15, -0.1) is 0 Å². The number of allylic oxidation sites excluding steroid dienone is 1. The normalized spacial score (nSPS) is 11.2. The fraction of sp³-hybridized carbons (Fsp3) is 0.552. The van der Waals surface area contributed by atoms with E-state index >= 15 is 0 Å². The molecule has 180 valence electrons. The van der Waals surface area contributed by atoms with Crippen molar-refractivity contribution in [1.82, 2.24) is 9.97 Å². The number of carbonyl (C=O) groups excluding carboxylic acids is 1. The number of aryl methyl sites for hydroxylation is 1. The third kappa shape index (κ3) is 11.8. The molecular weight excluding hydrogens is 408 g/mol. The van der Waals surface area contributed by atoms with E-state index in [0.717, 1.165) is 24.8 Å². The van der Waals surface area contributed by atoms with E-state index in [2.05, 4.69) is 48.1 Å². The predicted molar refractivity (Wildman–Crippen MR) is 137 cm³/mol. The lowest BCUT2D eigenvalue weighted by atomic mass is 10.0. The van der Waals surface area contributed by atoms with Gasteiger partial charge in [-0.1, -0.05) is 108 Å². The Morgan fingerprint density at radius 2 is 1.36 bits per heavy atom. The Balaban J connectivity index is 1.69. The number of hydrogen-bond acceptors (Lipinski definition) is 4. The number of nitrogens with zero attached hydrogens (tertiary/aromatic N) is 2. The first-order valence-corrected chi connectivity index (χ1v) is 13.0. The molecule has 33 heavy (non-hydrogen) atoms. The maximum absolute atomic E-state index is 12.0. The molecule has 0 N–H and O–H groups in total. The Hall–Kier alpha value is -2.49.